The zero-order valence-corrected chi connectivity index (χ0v) is 26.7. The molecule has 1 N–H and O–H groups in total. The van der Waals surface area contributed by atoms with Gasteiger partial charge in [0.2, 0.25) is 0 Å². The number of carbonyl (C=O) groups is 5. The van der Waals surface area contributed by atoms with Crippen molar-refractivity contribution in [2.75, 3.05) is 7.05 Å². The highest BCUT2D eigenvalue weighted by Gasteiger charge is 2.41. The molecule has 39 heavy (non-hydrogen) atoms. The van der Waals surface area contributed by atoms with Gasteiger partial charge in [-0.25, -0.2) is 0 Å². The molecule has 0 amide bonds. The van der Waals surface area contributed by atoms with Crippen molar-refractivity contribution in [1.29, 1.82) is 0 Å². The molecule has 0 aromatic rings. The second-order valence-electron chi connectivity index (χ2n) is 14.4. The first-order valence-corrected chi connectivity index (χ1v) is 13.7. The fraction of sp³-hybridized carbons (Fsp3) is 0.833. The van der Waals surface area contributed by atoms with Crippen molar-refractivity contribution in [3.8, 4) is 0 Å². The Morgan fingerprint density at radius 1 is 0.641 bits per heavy atom. The maximum Gasteiger partial charge on any atom is 0.320 e. The SMILES string of the molecule is CN[C@@H](CC(C(=O)OC(C)(C)C)C(C)(C)C)C(=O)C[C@@H](CC(C(=O)OC(C)(C)C)C(=O)OC(C)(C)C)C(C)=O. The zero-order valence-electron chi connectivity index (χ0n) is 26.7. The number of nitrogens with one attached hydrogen (secondary N) is 1. The molecule has 0 aliphatic heterocycles. The first kappa shape index (κ1) is 36.7. The van der Waals surface area contributed by atoms with Gasteiger partial charge in [-0.15, -0.1) is 0 Å². The number of ether oxygens (including phenoxy) is 3. The van der Waals surface area contributed by atoms with Gasteiger partial charge in [-0.3, -0.25) is 24.0 Å². The lowest BCUT2D eigenvalue weighted by Gasteiger charge is -2.34. The number of esters is 3. The third-order valence-corrected chi connectivity index (χ3v) is 5.87. The molecule has 0 bridgehead atoms. The fourth-order valence-electron chi connectivity index (χ4n) is 3.92. The number of hydrogen-bond acceptors (Lipinski definition) is 9. The van der Waals surface area contributed by atoms with E-state index in [1.807, 2.05) is 20.8 Å². The molecular weight excluding hydrogens is 502 g/mol. The Morgan fingerprint density at radius 3 is 1.33 bits per heavy atom. The number of rotatable bonds is 12. The lowest BCUT2D eigenvalue weighted by molar-refractivity contribution is -0.175. The number of Topliss-reactive ketones (excluding diaryl/α,β-unsaturated/α-hetero) is 2. The number of hydrogen-bond donors (Lipinski definition) is 1. The van der Waals surface area contributed by atoms with E-state index in [0.29, 0.717) is 0 Å². The van der Waals surface area contributed by atoms with Crippen molar-refractivity contribution in [3.63, 3.8) is 0 Å². The van der Waals surface area contributed by atoms with E-state index in [2.05, 4.69) is 5.32 Å². The molecule has 0 saturated carbocycles. The number of likely N-dealkylation sites (N-methyl/N-ethyl adjacent to an activating group) is 1. The molecule has 226 valence electrons. The van der Waals surface area contributed by atoms with E-state index in [9.17, 15) is 24.0 Å². The predicted octanol–water partition coefficient (Wildman–Crippen LogP) is 4.82. The van der Waals surface area contributed by atoms with Crippen LogP contribution in [0.15, 0.2) is 0 Å². The van der Waals surface area contributed by atoms with E-state index in [4.69, 9.17) is 14.2 Å². The average Bonchev–Trinajstić information content (AvgIpc) is 2.65. The van der Waals surface area contributed by atoms with Crippen LogP contribution in [-0.4, -0.2) is 59.4 Å². The van der Waals surface area contributed by atoms with E-state index in [1.165, 1.54) is 6.92 Å². The second kappa shape index (κ2) is 13.9. The van der Waals surface area contributed by atoms with Gasteiger partial charge in [0, 0.05) is 12.3 Å². The molecule has 0 radical (unpaired) electrons. The molecule has 1 unspecified atom stereocenters. The maximum absolute atomic E-state index is 13.4. The molecule has 0 aliphatic rings. The van der Waals surface area contributed by atoms with Crippen molar-refractivity contribution in [1.82, 2.24) is 5.32 Å². The summed E-state index contributed by atoms with van der Waals surface area (Å²) in [5, 5.41) is 2.98. The van der Waals surface area contributed by atoms with Crippen LogP contribution >= 0.6 is 0 Å². The molecular formula is C30H53NO8. The van der Waals surface area contributed by atoms with Crippen LogP contribution in [0.5, 0.6) is 0 Å². The third kappa shape index (κ3) is 14.6. The standard InChI is InChI=1S/C30H53NO8/c1-18(32)19(15-20(24(34)37-28(5,6)7)25(35)38-29(8,9)10)16-23(33)22(31-14)17-21(27(2,3)4)26(36)39-30(11,12)13/h19-22,31H,15-17H2,1-14H3/t19-,21?,22+/m1/s1. The minimum atomic E-state index is -1.37. The largest absolute Gasteiger partial charge is 0.460 e. The highest BCUT2D eigenvalue weighted by molar-refractivity contribution is 5.96. The van der Waals surface area contributed by atoms with E-state index in [0.717, 1.165) is 0 Å². The van der Waals surface area contributed by atoms with E-state index in [1.54, 1.807) is 69.4 Å². The molecule has 9 nitrogen and oxygen atoms in total. The van der Waals surface area contributed by atoms with Crippen molar-refractivity contribution in [2.45, 2.75) is 132 Å². The topological polar surface area (TPSA) is 125 Å². The van der Waals surface area contributed by atoms with Gasteiger partial charge >= 0.3 is 17.9 Å². The molecule has 0 saturated heterocycles. The van der Waals surface area contributed by atoms with E-state index < -0.39 is 63.9 Å². The third-order valence-electron chi connectivity index (χ3n) is 5.87. The summed E-state index contributed by atoms with van der Waals surface area (Å²) in [5.41, 5.74) is -2.90. The van der Waals surface area contributed by atoms with Crippen molar-refractivity contribution in [2.24, 2.45) is 23.2 Å². The monoisotopic (exact) mass is 555 g/mol. The van der Waals surface area contributed by atoms with Crippen molar-refractivity contribution >= 4 is 29.5 Å². The van der Waals surface area contributed by atoms with Crippen LogP contribution in [0, 0.1) is 23.2 Å². The Labute approximate surface area is 235 Å². The summed E-state index contributed by atoms with van der Waals surface area (Å²) < 4.78 is 16.5. The minimum absolute atomic E-state index is 0.167. The molecule has 0 spiro atoms. The summed E-state index contributed by atoms with van der Waals surface area (Å²) in [7, 11) is 1.62. The number of ketones is 2. The Hall–Kier alpha value is -2.29. The van der Waals surface area contributed by atoms with Gasteiger partial charge in [-0.05, 0) is 94.5 Å². The maximum atomic E-state index is 13.4. The lowest BCUT2D eigenvalue weighted by atomic mass is 9.75. The van der Waals surface area contributed by atoms with Crippen LogP contribution in [-0.2, 0) is 38.2 Å². The summed E-state index contributed by atoms with van der Waals surface area (Å²) in [5.74, 6) is -5.55. The molecule has 0 aliphatic carbocycles. The Balaban J connectivity index is 6.00. The normalized spacial score (nSPS) is 15.3. The van der Waals surface area contributed by atoms with Gasteiger partial charge in [-0.2, -0.15) is 0 Å². The first-order valence-electron chi connectivity index (χ1n) is 13.7. The first-order chi connectivity index (χ1) is 17.3. The highest BCUT2D eigenvalue weighted by Crippen LogP contribution is 2.33. The quantitative estimate of drug-likeness (QED) is 0.205. The molecule has 0 aromatic carbocycles. The van der Waals surface area contributed by atoms with Gasteiger partial charge in [-0.1, -0.05) is 20.8 Å². The summed E-state index contributed by atoms with van der Waals surface area (Å²) in [6.07, 6.45) is -0.274. The fourth-order valence-corrected chi connectivity index (χ4v) is 3.92. The van der Waals surface area contributed by atoms with Gasteiger partial charge in [0.15, 0.2) is 5.92 Å². The predicted molar refractivity (Wildman–Crippen MR) is 150 cm³/mol. The molecule has 9 heteroatoms. The summed E-state index contributed by atoms with van der Waals surface area (Å²) in [6.45, 7) is 22.5. The van der Waals surface area contributed by atoms with Crippen molar-refractivity contribution < 1.29 is 38.2 Å². The van der Waals surface area contributed by atoms with E-state index >= 15 is 0 Å². The molecule has 0 aromatic heterocycles. The van der Waals surface area contributed by atoms with Gasteiger partial charge in [0.05, 0.1) is 12.0 Å². The van der Waals surface area contributed by atoms with Crippen LogP contribution < -0.4 is 5.32 Å². The van der Waals surface area contributed by atoms with E-state index in [-0.39, 0.29) is 30.8 Å². The minimum Gasteiger partial charge on any atom is -0.460 e. The molecule has 0 fully saturated rings. The summed E-state index contributed by atoms with van der Waals surface area (Å²) in [4.78, 5) is 65.1. The Bertz CT molecular complexity index is 853. The Morgan fingerprint density at radius 2 is 1.03 bits per heavy atom. The molecule has 3 atom stereocenters. The molecule has 0 rings (SSSR count). The summed E-state index contributed by atoms with van der Waals surface area (Å²) in [6, 6.07) is -0.745. The summed E-state index contributed by atoms with van der Waals surface area (Å²) >= 11 is 0. The molecule has 0 heterocycles. The van der Waals surface area contributed by atoms with Crippen LogP contribution in [0.3, 0.4) is 0 Å². The second-order valence-corrected chi connectivity index (χ2v) is 14.4. The Kier molecular flexibility index (Phi) is 13.0. The lowest BCUT2D eigenvalue weighted by Crippen LogP contribution is -2.44. The average molecular weight is 556 g/mol. The van der Waals surface area contributed by atoms with Gasteiger partial charge in [0.1, 0.15) is 28.4 Å². The van der Waals surface area contributed by atoms with Crippen LogP contribution in [0.25, 0.3) is 0 Å². The van der Waals surface area contributed by atoms with Crippen LogP contribution in [0.2, 0.25) is 0 Å². The van der Waals surface area contributed by atoms with Crippen LogP contribution in [0.1, 0.15) is 109 Å². The van der Waals surface area contributed by atoms with Crippen LogP contribution in [0.4, 0.5) is 0 Å². The zero-order chi connectivity index (χ0) is 31.1. The smallest absolute Gasteiger partial charge is 0.320 e. The highest BCUT2D eigenvalue weighted by atomic mass is 16.6. The van der Waals surface area contributed by atoms with Gasteiger partial charge in [0.25, 0.3) is 0 Å². The van der Waals surface area contributed by atoms with Gasteiger partial charge < -0.3 is 19.5 Å². The van der Waals surface area contributed by atoms with Crippen molar-refractivity contribution in [3.05, 3.63) is 0 Å². The number of carbonyl (C=O) groups excluding carboxylic acids is 5.